The second kappa shape index (κ2) is 5.18. The lowest BCUT2D eigenvalue weighted by atomic mass is 9.90. The molecule has 2 nitrogen and oxygen atoms in total. The minimum absolute atomic E-state index is 0.289. The van der Waals surface area contributed by atoms with Crippen molar-refractivity contribution in [2.45, 2.75) is 31.1 Å². The van der Waals surface area contributed by atoms with E-state index in [4.69, 9.17) is 21.1 Å². The first-order valence-corrected chi connectivity index (χ1v) is 6.46. The summed E-state index contributed by atoms with van der Waals surface area (Å²) in [6.45, 7) is 2.22. The van der Waals surface area contributed by atoms with E-state index in [0.29, 0.717) is 11.8 Å². The van der Waals surface area contributed by atoms with E-state index in [1.807, 2.05) is 6.07 Å². The van der Waals surface area contributed by atoms with Crippen LogP contribution >= 0.6 is 11.6 Å². The molecular weight excluding hydrogens is 236 g/mol. The smallest absolute Gasteiger partial charge is 0.122 e. The van der Waals surface area contributed by atoms with E-state index in [9.17, 15) is 0 Å². The fourth-order valence-corrected chi connectivity index (χ4v) is 2.93. The van der Waals surface area contributed by atoms with Crippen LogP contribution in [0.15, 0.2) is 18.2 Å². The van der Waals surface area contributed by atoms with Gasteiger partial charge in [-0.1, -0.05) is 6.92 Å². The molecule has 0 aliphatic heterocycles. The molecule has 3 heteroatoms. The number of alkyl halides is 1. The minimum Gasteiger partial charge on any atom is -0.497 e. The molecule has 1 aromatic rings. The van der Waals surface area contributed by atoms with Crippen LogP contribution in [0.25, 0.3) is 0 Å². The van der Waals surface area contributed by atoms with Gasteiger partial charge in [0.2, 0.25) is 0 Å². The van der Waals surface area contributed by atoms with Gasteiger partial charge < -0.3 is 9.47 Å². The summed E-state index contributed by atoms with van der Waals surface area (Å²) in [5.74, 6) is 2.73. The second-order valence-corrected chi connectivity index (χ2v) is 5.27. The Kier molecular flexibility index (Phi) is 3.82. The molecule has 0 bridgehead atoms. The van der Waals surface area contributed by atoms with Gasteiger partial charge >= 0.3 is 0 Å². The number of ether oxygens (including phenoxy) is 2. The lowest BCUT2D eigenvalue weighted by Crippen LogP contribution is -2.09. The lowest BCUT2D eigenvalue weighted by Gasteiger charge is -2.19. The lowest BCUT2D eigenvalue weighted by molar-refractivity contribution is 0.391. The molecule has 3 atom stereocenters. The molecule has 1 aliphatic rings. The highest BCUT2D eigenvalue weighted by Gasteiger charge is 2.32. The van der Waals surface area contributed by atoms with Gasteiger partial charge in [-0.25, -0.2) is 0 Å². The maximum absolute atomic E-state index is 6.29. The normalized spacial score (nSPS) is 28.1. The molecule has 1 aliphatic carbocycles. The summed E-state index contributed by atoms with van der Waals surface area (Å²) in [6.07, 6.45) is 2.23. The summed E-state index contributed by atoms with van der Waals surface area (Å²) in [4.78, 5) is 0. The molecule has 0 spiro atoms. The number of rotatable bonds is 3. The van der Waals surface area contributed by atoms with Crippen molar-refractivity contribution in [2.75, 3.05) is 14.2 Å². The van der Waals surface area contributed by atoms with Gasteiger partial charge in [-0.2, -0.15) is 0 Å². The molecule has 0 saturated heterocycles. The Hall–Kier alpha value is -0.890. The highest BCUT2D eigenvalue weighted by atomic mass is 35.5. The molecule has 3 unspecified atom stereocenters. The van der Waals surface area contributed by atoms with Crippen LogP contribution in [-0.2, 0) is 0 Å². The van der Waals surface area contributed by atoms with E-state index in [2.05, 4.69) is 19.1 Å². The molecule has 0 radical (unpaired) electrons. The monoisotopic (exact) mass is 254 g/mol. The fraction of sp³-hybridized carbons (Fsp3) is 0.571. The van der Waals surface area contributed by atoms with Gasteiger partial charge in [0.15, 0.2) is 0 Å². The first-order valence-electron chi connectivity index (χ1n) is 6.02. The summed E-state index contributed by atoms with van der Waals surface area (Å²) in [6, 6.07) is 6.10. The topological polar surface area (TPSA) is 18.5 Å². The van der Waals surface area contributed by atoms with E-state index in [1.165, 1.54) is 5.56 Å². The zero-order valence-corrected chi connectivity index (χ0v) is 11.3. The standard InChI is InChI=1S/C14H19ClO2/c1-9-13(4-5-14(9)15)10-6-11(16-2)8-12(7-10)17-3/h6-9,13-14H,4-5H2,1-3H3. The quantitative estimate of drug-likeness (QED) is 0.764. The van der Waals surface area contributed by atoms with Crippen LogP contribution in [0.3, 0.4) is 0 Å². The molecule has 0 N–H and O–H groups in total. The van der Waals surface area contributed by atoms with Gasteiger partial charge in [0, 0.05) is 11.4 Å². The van der Waals surface area contributed by atoms with Crippen LogP contribution in [-0.4, -0.2) is 19.6 Å². The molecule has 0 aromatic heterocycles. The molecule has 1 aromatic carbocycles. The summed E-state index contributed by atoms with van der Waals surface area (Å²) in [5, 5.41) is 0.289. The van der Waals surface area contributed by atoms with Crippen molar-refractivity contribution in [3.8, 4) is 11.5 Å². The number of methoxy groups -OCH3 is 2. The van der Waals surface area contributed by atoms with Crippen molar-refractivity contribution in [3.63, 3.8) is 0 Å². The Morgan fingerprint density at radius 1 is 1.06 bits per heavy atom. The van der Waals surface area contributed by atoms with Crippen LogP contribution < -0.4 is 9.47 Å². The van der Waals surface area contributed by atoms with E-state index < -0.39 is 0 Å². The molecule has 1 saturated carbocycles. The summed E-state index contributed by atoms with van der Waals surface area (Å²) in [7, 11) is 3.36. The molecule has 0 amide bonds. The molecule has 0 heterocycles. The molecule has 2 rings (SSSR count). The Labute approximate surface area is 108 Å². The molecule has 17 heavy (non-hydrogen) atoms. The van der Waals surface area contributed by atoms with Crippen LogP contribution in [0.2, 0.25) is 0 Å². The van der Waals surface area contributed by atoms with Crippen LogP contribution in [0, 0.1) is 5.92 Å². The maximum Gasteiger partial charge on any atom is 0.122 e. The van der Waals surface area contributed by atoms with Crippen molar-refractivity contribution in [2.24, 2.45) is 5.92 Å². The van der Waals surface area contributed by atoms with Crippen LogP contribution in [0.1, 0.15) is 31.2 Å². The van der Waals surface area contributed by atoms with Crippen molar-refractivity contribution < 1.29 is 9.47 Å². The highest BCUT2D eigenvalue weighted by Crippen LogP contribution is 2.43. The number of hydrogen-bond donors (Lipinski definition) is 0. The maximum atomic E-state index is 6.29. The highest BCUT2D eigenvalue weighted by molar-refractivity contribution is 6.21. The first-order chi connectivity index (χ1) is 8.15. The fourth-order valence-electron chi connectivity index (χ4n) is 2.63. The first kappa shape index (κ1) is 12.6. The third-order valence-electron chi connectivity index (χ3n) is 3.76. The van der Waals surface area contributed by atoms with Crippen molar-refractivity contribution in [1.29, 1.82) is 0 Å². The minimum atomic E-state index is 0.289. The van der Waals surface area contributed by atoms with E-state index >= 15 is 0 Å². The van der Waals surface area contributed by atoms with Crippen LogP contribution in [0.5, 0.6) is 11.5 Å². The van der Waals surface area contributed by atoms with E-state index in [-0.39, 0.29) is 5.38 Å². The van der Waals surface area contributed by atoms with Gasteiger partial charge in [-0.05, 0) is 42.4 Å². The third-order valence-corrected chi connectivity index (χ3v) is 4.38. The van der Waals surface area contributed by atoms with Gasteiger partial charge in [0.05, 0.1) is 14.2 Å². The van der Waals surface area contributed by atoms with E-state index in [1.54, 1.807) is 14.2 Å². The number of halogens is 1. The van der Waals surface area contributed by atoms with Crippen molar-refractivity contribution in [3.05, 3.63) is 23.8 Å². The largest absolute Gasteiger partial charge is 0.497 e. The van der Waals surface area contributed by atoms with Gasteiger partial charge in [0.25, 0.3) is 0 Å². The van der Waals surface area contributed by atoms with Gasteiger partial charge in [-0.15, -0.1) is 11.6 Å². The van der Waals surface area contributed by atoms with Gasteiger partial charge in [-0.3, -0.25) is 0 Å². The number of hydrogen-bond acceptors (Lipinski definition) is 2. The van der Waals surface area contributed by atoms with E-state index in [0.717, 1.165) is 24.3 Å². The predicted molar refractivity (Wildman–Crippen MR) is 70.3 cm³/mol. The molecule has 1 fully saturated rings. The summed E-state index contributed by atoms with van der Waals surface area (Å²) in [5.41, 5.74) is 1.27. The Balaban J connectivity index is 2.31. The van der Waals surface area contributed by atoms with Crippen molar-refractivity contribution >= 4 is 11.6 Å². The Morgan fingerprint density at radius 2 is 1.65 bits per heavy atom. The SMILES string of the molecule is COc1cc(OC)cc(C2CCC(Cl)C2C)c1. The average Bonchev–Trinajstić information content (AvgIpc) is 2.69. The van der Waals surface area contributed by atoms with Gasteiger partial charge in [0.1, 0.15) is 11.5 Å². The molecule has 94 valence electrons. The predicted octanol–water partition coefficient (Wildman–Crippen LogP) is 3.82. The molecular formula is C14H19ClO2. The summed E-state index contributed by atoms with van der Waals surface area (Å²) >= 11 is 6.29. The average molecular weight is 255 g/mol. The number of benzene rings is 1. The zero-order chi connectivity index (χ0) is 12.4. The Bertz CT molecular complexity index is 370. The third kappa shape index (κ3) is 2.52. The van der Waals surface area contributed by atoms with Crippen LogP contribution in [0.4, 0.5) is 0 Å². The van der Waals surface area contributed by atoms with Crippen molar-refractivity contribution in [1.82, 2.24) is 0 Å². The Morgan fingerprint density at radius 3 is 2.06 bits per heavy atom. The second-order valence-electron chi connectivity index (χ2n) is 4.70. The summed E-state index contributed by atoms with van der Waals surface area (Å²) < 4.78 is 10.6. The zero-order valence-electron chi connectivity index (χ0n) is 10.6.